The quantitative estimate of drug-likeness (QED) is 0.304. The zero-order valence-corrected chi connectivity index (χ0v) is 19.2. The van der Waals surface area contributed by atoms with Crippen LogP contribution in [0, 0.1) is 6.92 Å². The molecule has 32 heavy (non-hydrogen) atoms. The van der Waals surface area contributed by atoms with Gasteiger partial charge in [-0.1, -0.05) is 29.5 Å². The van der Waals surface area contributed by atoms with Crippen molar-refractivity contribution in [3.63, 3.8) is 0 Å². The summed E-state index contributed by atoms with van der Waals surface area (Å²) in [5.74, 6) is 0.922. The van der Waals surface area contributed by atoms with Crippen LogP contribution in [0.5, 0.6) is 5.75 Å². The van der Waals surface area contributed by atoms with E-state index < -0.39 is 5.97 Å². The first kappa shape index (κ1) is 22.4. The third-order valence-electron chi connectivity index (χ3n) is 5.54. The topological polar surface area (TPSA) is 79.7 Å². The van der Waals surface area contributed by atoms with Crippen LogP contribution < -0.4 is 10.3 Å². The van der Waals surface area contributed by atoms with E-state index in [4.69, 9.17) is 19.2 Å². The number of hydrogen-bond acceptors (Lipinski definition) is 7. The monoisotopic (exact) mass is 454 g/mol. The maximum absolute atomic E-state index is 13.4. The summed E-state index contributed by atoms with van der Waals surface area (Å²) in [5, 5.41) is 1.05. The molecule has 0 spiro atoms. The summed E-state index contributed by atoms with van der Waals surface area (Å²) >= 11 is 1.47. The highest BCUT2D eigenvalue weighted by Crippen LogP contribution is 2.29. The highest BCUT2D eigenvalue weighted by molar-refractivity contribution is 7.98. The van der Waals surface area contributed by atoms with Crippen LogP contribution in [0.4, 0.5) is 0 Å². The molecule has 4 rings (SSSR count). The van der Waals surface area contributed by atoms with Gasteiger partial charge in [0.2, 0.25) is 0 Å². The molecule has 0 bridgehead atoms. The molecule has 2 heterocycles. The van der Waals surface area contributed by atoms with Gasteiger partial charge in [0.15, 0.2) is 5.16 Å². The first-order valence-electron chi connectivity index (χ1n) is 10.5. The third-order valence-corrected chi connectivity index (χ3v) is 6.57. The van der Waals surface area contributed by atoms with Crippen LogP contribution in [0.2, 0.25) is 0 Å². The van der Waals surface area contributed by atoms with Crippen molar-refractivity contribution in [2.75, 3.05) is 20.8 Å². The number of esters is 1. The highest BCUT2D eigenvalue weighted by Gasteiger charge is 2.21. The lowest BCUT2D eigenvalue weighted by atomic mass is 10.1. The van der Waals surface area contributed by atoms with Gasteiger partial charge >= 0.3 is 5.97 Å². The molecule has 0 N–H and O–H groups in total. The van der Waals surface area contributed by atoms with Gasteiger partial charge in [-0.25, -0.2) is 9.78 Å². The summed E-state index contributed by atoms with van der Waals surface area (Å²) in [6, 6.07) is 10.9. The molecular weight excluding hydrogens is 428 g/mol. The van der Waals surface area contributed by atoms with Crippen LogP contribution in [0.15, 0.2) is 46.3 Å². The maximum Gasteiger partial charge on any atom is 0.337 e. The minimum absolute atomic E-state index is 0.00542. The van der Waals surface area contributed by atoms with Crippen molar-refractivity contribution in [2.24, 2.45) is 0 Å². The Balaban J connectivity index is 1.75. The number of rotatable bonds is 7. The Kier molecular flexibility index (Phi) is 6.81. The molecule has 3 aromatic rings. The van der Waals surface area contributed by atoms with E-state index in [0.29, 0.717) is 40.5 Å². The van der Waals surface area contributed by atoms with E-state index in [1.165, 1.54) is 18.9 Å². The first-order valence-corrected chi connectivity index (χ1v) is 11.5. The van der Waals surface area contributed by atoms with Crippen LogP contribution >= 0.6 is 11.8 Å². The van der Waals surface area contributed by atoms with E-state index in [9.17, 15) is 9.59 Å². The third kappa shape index (κ3) is 4.66. The van der Waals surface area contributed by atoms with Gasteiger partial charge < -0.3 is 14.2 Å². The smallest absolute Gasteiger partial charge is 0.337 e. The van der Waals surface area contributed by atoms with Crippen LogP contribution in [0.3, 0.4) is 0 Å². The fourth-order valence-electron chi connectivity index (χ4n) is 3.87. The predicted molar refractivity (Wildman–Crippen MR) is 124 cm³/mol. The molecule has 0 radical (unpaired) electrons. The minimum Gasteiger partial charge on any atom is -0.496 e. The average Bonchev–Trinajstić information content (AvgIpc) is 3.32. The van der Waals surface area contributed by atoms with Crippen LogP contribution in [-0.2, 0) is 21.8 Å². The molecule has 1 saturated heterocycles. The Morgan fingerprint density at radius 1 is 1.25 bits per heavy atom. The number of ether oxygens (including phenoxy) is 3. The summed E-state index contributed by atoms with van der Waals surface area (Å²) < 4.78 is 17.8. The van der Waals surface area contributed by atoms with Gasteiger partial charge in [0.1, 0.15) is 5.75 Å². The van der Waals surface area contributed by atoms with E-state index >= 15 is 0 Å². The van der Waals surface area contributed by atoms with Gasteiger partial charge in [-0.3, -0.25) is 9.36 Å². The first-order chi connectivity index (χ1) is 15.5. The number of thioether (sulfide) groups is 1. The molecule has 0 saturated carbocycles. The second kappa shape index (κ2) is 9.75. The Morgan fingerprint density at radius 2 is 2.09 bits per heavy atom. The molecule has 1 unspecified atom stereocenters. The standard InChI is InChI=1S/C24H26N2O5S/c1-15-6-9-21(29-2)17(11-15)14-32-24-25-20-12-16(23(28)30-3)7-8-19(20)22(27)26(24)13-18-5-4-10-31-18/h6-9,11-12,18H,4-5,10,13-14H2,1-3H3. The van der Waals surface area contributed by atoms with Crippen molar-refractivity contribution in [1.82, 2.24) is 9.55 Å². The van der Waals surface area contributed by atoms with Crippen molar-refractivity contribution >= 4 is 28.6 Å². The largest absolute Gasteiger partial charge is 0.496 e. The van der Waals surface area contributed by atoms with Crippen LogP contribution in [0.1, 0.15) is 34.3 Å². The fraction of sp³-hybridized carbons (Fsp3) is 0.375. The molecule has 168 valence electrons. The average molecular weight is 455 g/mol. The van der Waals surface area contributed by atoms with Crippen LogP contribution in [-0.4, -0.2) is 42.5 Å². The molecule has 0 amide bonds. The van der Waals surface area contributed by atoms with Gasteiger partial charge in [0, 0.05) is 17.9 Å². The molecule has 1 aliphatic rings. The zero-order valence-electron chi connectivity index (χ0n) is 18.4. The summed E-state index contributed by atoms with van der Waals surface area (Å²) in [6.45, 7) is 3.20. The minimum atomic E-state index is -0.462. The number of benzene rings is 2. The Morgan fingerprint density at radius 3 is 2.81 bits per heavy atom. The predicted octanol–water partition coefficient (Wildman–Crippen LogP) is 3.97. The molecule has 7 nitrogen and oxygen atoms in total. The lowest BCUT2D eigenvalue weighted by Gasteiger charge is -2.17. The van der Waals surface area contributed by atoms with Crippen molar-refractivity contribution < 1.29 is 19.0 Å². The van der Waals surface area contributed by atoms with Crippen LogP contribution in [0.25, 0.3) is 10.9 Å². The number of hydrogen-bond donors (Lipinski definition) is 0. The molecule has 1 fully saturated rings. The number of carbonyl (C=O) groups excluding carboxylic acids is 1. The second-order valence-electron chi connectivity index (χ2n) is 7.77. The van der Waals surface area contributed by atoms with Gasteiger partial charge in [0.25, 0.3) is 5.56 Å². The number of methoxy groups -OCH3 is 2. The molecule has 1 aromatic heterocycles. The summed E-state index contributed by atoms with van der Waals surface area (Å²) in [7, 11) is 2.98. The molecule has 1 aliphatic heterocycles. The Hall–Kier alpha value is -2.84. The van der Waals surface area contributed by atoms with E-state index in [0.717, 1.165) is 29.7 Å². The van der Waals surface area contributed by atoms with Crippen molar-refractivity contribution in [1.29, 1.82) is 0 Å². The maximum atomic E-state index is 13.4. The van der Waals surface area contributed by atoms with Gasteiger partial charge in [-0.15, -0.1) is 0 Å². The summed E-state index contributed by atoms with van der Waals surface area (Å²) in [4.78, 5) is 30.1. The number of aryl methyl sites for hydroxylation is 1. The van der Waals surface area contributed by atoms with E-state index in [2.05, 4.69) is 6.07 Å². The van der Waals surface area contributed by atoms with Crippen molar-refractivity contribution in [3.8, 4) is 5.75 Å². The normalized spacial score (nSPS) is 15.8. The molecule has 8 heteroatoms. The SMILES string of the molecule is COC(=O)c1ccc2c(=O)n(CC3CCCO3)c(SCc3cc(C)ccc3OC)nc2c1. The molecule has 1 atom stereocenters. The Bertz CT molecular complexity index is 1200. The Labute approximate surface area is 190 Å². The van der Waals surface area contributed by atoms with Crippen molar-refractivity contribution in [3.05, 3.63) is 63.4 Å². The number of carbonyl (C=O) groups is 1. The summed E-state index contributed by atoms with van der Waals surface area (Å²) in [6.07, 6.45) is 1.90. The zero-order chi connectivity index (χ0) is 22.7. The highest BCUT2D eigenvalue weighted by atomic mass is 32.2. The number of aromatic nitrogens is 2. The lowest BCUT2D eigenvalue weighted by Crippen LogP contribution is -2.29. The van der Waals surface area contributed by atoms with E-state index in [-0.39, 0.29) is 11.7 Å². The molecule has 2 aromatic carbocycles. The van der Waals surface area contributed by atoms with Gasteiger partial charge in [0.05, 0.1) is 43.3 Å². The molecular formula is C24H26N2O5S. The fourth-order valence-corrected chi connectivity index (χ4v) is 4.86. The molecule has 0 aliphatic carbocycles. The van der Waals surface area contributed by atoms with E-state index in [1.54, 1.807) is 29.9 Å². The van der Waals surface area contributed by atoms with Gasteiger partial charge in [-0.05, 0) is 44.0 Å². The summed E-state index contributed by atoms with van der Waals surface area (Å²) in [5.41, 5.74) is 2.85. The number of nitrogens with zero attached hydrogens (tertiary/aromatic N) is 2. The lowest BCUT2D eigenvalue weighted by molar-refractivity contribution is 0.0601. The van der Waals surface area contributed by atoms with Gasteiger partial charge in [-0.2, -0.15) is 0 Å². The van der Waals surface area contributed by atoms with Crippen molar-refractivity contribution in [2.45, 2.75) is 43.3 Å². The van der Waals surface area contributed by atoms with E-state index in [1.807, 2.05) is 19.1 Å². The second-order valence-corrected chi connectivity index (χ2v) is 8.72. The number of fused-ring (bicyclic) bond motifs is 1.